The molecule has 3 rings (SSSR count). The van der Waals surface area contributed by atoms with Crippen molar-refractivity contribution < 1.29 is 4.74 Å². The Kier molecular flexibility index (Phi) is 3.85. The van der Waals surface area contributed by atoms with E-state index in [-0.39, 0.29) is 6.04 Å². The average Bonchev–Trinajstić information content (AvgIpc) is 3.17. The van der Waals surface area contributed by atoms with Crippen LogP contribution in [0.15, 0.2) is 36.8 Å². The fourth-order valence-corrected chi connectivity index (χ4v) is 2.77. The summed E-state index contributed by atoms with van der Waals surface area (Å²) in [6, 6.07) is 8.50. The number of ether oxygens (including phenoxy) is 1. The van der Waals surface area contributed by atoms with Crippen LogP contribution in [0.1, 0.15) is 30.6 Å². The quantitative estimate of drug-likeness (QED) is 0.929. The minimum absolute atomic E-state index is 0.0229. The van der Waals surface area contributed by atoms with Gasteiger partial charge in [-0.05, 0) is 30.5 Å². The Morgan fingerprint density at radius 2 is 2.40 bits per heavy atom. The van der Waals surface area contributed by atoms with Crippen molar-refractivity contribution in [3.8, 4) is 5.69 Å². The Morgan fingerprint density at radius 3 is 3.15 bits per heavy atom. The van der Waals surface area contributed by atoms with E-state index in [0.717, 1.165) is 37.4 Å². The Balaban J connectivity index is 1.92. The van der Waals surface area contributed by atoms with E-state index in [4.69, 9.17) is 10.5 Å². The number of aromatic nitrogens is 2. The number of rotatable bonds is 4. The van der Waals surface area contributed by atoms with Gasteiger partial charge in [0.1, 0.15) is 0 Å². The molecule has 0 radical (unpaired) electrons. The van der Waals surface area contributed by atoms with Crippen LogP contribution in [0.2, 0.25) is 0 Å². The van der Waals surface area contributed by atoms with Gasteiger partial charge in [0, 0.05) is 18.2 Å². The molecule has 1 aromatic carbocycles. The minimum atomic E-state index is -0.0229. The molecule has 0 amide bonds. The molecule has 1 saturated heterocycles. The monoisotopic (exact) mass is 271 g/mol. The molecule has 2 aromatic rings. The van der Waals surface area contributed by atoms with E-state index in [1.165, 1.54) is 5.56 Å². The Labute approximate surface area is 119 Å². The maximum atomic E-state index is 6.41. The van der Waals surface area contributed by atoms with Crippen LogP contribution < -0.4 is 5.73 Å². The predicted molar refractivity (Wildman–Crippen MR) is 78.8 cm³/mol. The van der Waals surface area contributed by atoms with Crippen molar-refractivity contribution >= 4 is 0 Å². The zero-order chi connectivity index (χ0) is 13.9. The molecular formula is C16H21N3O. The van der Waals surface area contributed by atoms with E-state index in [2.05, 4.69) is 40.7 Å². The summed E-state index contributed by atoms with van der Waals surface area (Å²) >= 11 is 0. The first-order valence-corrected chi connectivity index (χ1v) is 7.24. The van der Waals surface area contributed by atoms with Crippen molar-refractivity contribution in [1.29, 1.82) is 0 Å². The molecule has 2 N–H and O–H groups in total. The number of nitrogens with two attached hydrogens (primary N) is 1. The second-order valence-electron chi connectivity index (χ2n) is 5.36. The van der Waals surface area contributed by atoms with Crippen LogP contribution in [0.3, 0.4) is 0 Å². The van der Waals surface area contributed by atoms with Crippen LogP contribution in [0, 0.1) is 5.92 Å². The van der Waals surface area contributed by atoms with Crippen molar-refractivity contribution in [1.82, 2.24) is 9.55 Å². The summed E-state index contributed by atoms with van der Waals surface area (Å²) in [7, 11) is 0. The molecule has 0 bridgehead atoms. The van der Waals surface area contributed by atoms with Crippen LogP contribution in [-0.4, -0.2) is 22.8 Å². The summed E-state index contributed by atoms with van der Waals surface area (Å²) in [5.74, 6) is 0.389. The Morgan fingerprint density at radius 1 is 1.50 bits per heavy atom. The first-order valence-electron chi connectivity index (χ1n) is 7.24. The zero-order valence-electron chi connectivity index (χ0n) is 11.8. The smallest absolute Gasteiger partial charge is 0.0994 e. The van der Waals surface area contributed by atoms with Crippen LogP contribution in [0.5, 0.6) is 0 Å². The van der Waals surface area contributed by atoms with E-state index in [0.29, 0.717) is 5.92 Å². The fraction of sp³-hybridized carbons (Fsp3) is 0.438. The molecule has 0 aliphatic carbocycles. The largest absolute Gasteiger partial charge is 0.381 e. The minimum Gasteiger partial charge on any atom is -0.381 e. The SMILES string of the molecule is CCc1cccc(-n2cncc2C(N)C2CCOC2)c1. The molecule has 0 spiro atoms. The van der Waals surface area contributed by atoms with E-state index in [9.17, 15) is 0 Å². The second-order valence-corrected chi connectivity index (χ2v) is 5.36. The van der Waals surface area contributed by atoms with Gasteiger partial charge >= 0.3 is 0 Å². The maximum Gasteiger partial charge on any atom is 0.0994 e. The third-order valence-corrected chi connectivity index (χ3v) is 4.08. The second kappa shape index (κ2) is 5.77. The van der Waals surface area contributed by atoms with Crippen molar-refractivity contribution in [2.24, 2.45) is 11.7 Å². The molecule has 106 valence electrons. The highest BCUT2D eigenvalue weighted by Crippen LogP contribution is 2.28. The Bertz CT molecular complexity index is 573. The number of imidazole rings is 1. The lowest BCUT2D eigenvalue weighted by Crippen LogP contribution is -2.24. The van der Waals surface area contributed by atoms with E-state index < -0.39 is 0 Å². The van der Waals surface area contributed by atoms with Gasteiger partial charge < -0.3 is 15.0 Å². The van der Waals surface area contributed by atoms with Gasteiger partial charge in [0.15, 0.2) is 0 Å². The lowest BCUT2D eigenvalue weighted by Gasteiger charge is -2.19. The van der Waals surface area contributed by atoms with Crippen LogP contribution in [0.4, 0.5) is 0 Å². The molecular weight excluding hydrogens is 250 g/mol. The first-order chi connectivity index (χ1) is 9.79. The highest BCUT2D eigenvalue weighted by atomic mass is 16.5. The third kappa shape index (κ3) is 2.49. The van der Waals surface area contributed by atoms with Crippen molar-refractivity contribution in [3.05, 3.63) is 48.0 Å². The lowest BCUT2D eigenvalue weighted by atomic mass is 9.97. The van der Waals surface area contributed by atoms with E-state index in [1.807, 2.05) is 12.5 Å². The topological polar surface area (TPSA) is 53.1 Å². The number of nitrogens with zero attached hydrogens (tertiary/aromatic N) is 2. The highest BCUT2D eigenvalue weighted by molar-refractivity contribution is 5.38. The van der Waals surface area contributed by atoms with Gasteiger partial charge in [0.2, 0.25) is 0 Å². The van der Waals surface area contributed by atoms with Crippen molar-refractivity contribution in [2.45, 2.75) is 25.8 Å². The molecule has 2 unspecified atom stereocenters. The summed E-state index contributed by atoms with van der Waals surface area (Å²) in [5.41, 5.74) is 9.93. The molecule has 20 heavy (non-hydrogen) atoms. The normalized spacial score (nSPS) is 20.2. The number of hydrogen-bond acceptors (Lipinski definition) is 3. The first kappa shape index (κ1) is 13.3. The molecule has 1 fully saturated rings. The maximum absolute atomic E-state index is 6.41. The molecule has 2 heterocycles. The zero-order valence-corrected chi connectivity index (χ0v) is 11.8. The molecule has 4 heteroatoms. The number of hydrogen-bond donors (Lipinski definition) is 1. The van der Waals surface area contributed by atoms with Crippen LogP contribution >= 0.6 is 0 Å². The summed E-state index contributed by atoms with van der Waals surface area (Å²) in [4.78, 5) is 4.29. The molecule has 1 aliphatic heterocycles. The van der Waals surface area contributed by atoms with Crippen molar-refractivity contribution in [3.63, 3.8) is 0 Å². The van der Waals surface area contributed by atoms with Gasteiger partial charge in [-0.25, -0.2) is 4.98 Å². The summed E-state index contributed by atoms with van der Waals surface area (Å²) in [5, 5.41) is 0. The Hall–Kier alpha value is -1.65. The highest BCUT2D eigenvalue weighted by Gasteiger charge is 2.26. The summed E-state index contributed by atoms with van der Waals surface area (Å²) in [6.45, 7) is 3.73. The van der Waals surface area contributed by atoms with Gasteiger partial charge in [0.25, 0.3) is 0 Å². The van der Waals surface area contributed by atoms with Gasteiger partial charge in [-0.15, -0.1) is 0 Å². The molecule has 0 saturated carbocycles. The molecule has 1 aliphatic rings. The number of aryl methyl sites for hydroxylation is 1. The van der Waals surface area contributed by atoms with Crippen molar-refractivity contribution in [2.75, 3.05) is 13.2 Å². The van der Waals surface area contributed by atoms with Gasteiger partial charge in [-0.2, -0.15) is 0 Å². The molecule has 1 aromatic heterocycles. The average molecular weight is 271 g/mol. The van der Waals surface area contributed by atoms with E-state index in [1.54, 1.807) is 0 Å². The summed E-state index contributed by atoms with van der Waals surface area (Å²) in [6.07, 6.45) is 5.78. The lowest BCUT2D eigenvalue weighted by molar-refractivity contribution is 0.180. The van der Waals surface area contributed by atoms with E-state index >= 15 is 0 Å². The van der Waals surface area contributed by atoms with Gasteiger partial charge in [-0.1, -0.05) is 19.1 Å². The number of benzene rings is 1. The van der Waals surface area contributed by atoms with Gasteiger partial charge in [-0.3, -0.25) is 0 Å². The fourth-order valence-electron chi connectivity index (χ4n) is 2.77. The van der Waals surface area contributed by atoms with Crippen LogP contribution in [0.25, 0.3) is 5.69 Å². The predicted octanol–water partition coefficient (Wildman–Crippen LogP) is 2.47. The van der Waals surface area contributed by atoms with Crippen LogP contribution in [-0.2, 0) is 11.2 Å². The molecule has 4 nitrogen and oxygen atoms in total. The third-order valence-electron chi connectivity index (χ3n) is 4.08. The molecule has 2 atom stereocenters. The summed E-state index contributed by atoms with van der Waals surface area (Å²) < 4.78 is 7.55. The standard InChI is InChI=1S/C16H21N3O/c1-2-12-4-3-5-14(8-12)19-11-18-9-15(19)16(17)13-6-7-20-10-13/h3-5,8-9,11,13,16H,2,6-7,10,17H2,1H3. The van der Waals surface area contributed by atoms with Gasteiger partial charge in [0.05, 0.1) is 30.9 Å².